The summed E-state index contributed by atoms with van der Waals surface area (Å²) in [6.45, 7) is 1.23. The van der Waals surface area contributed by atoms with E-state index in [2.05, 4.69) is 15.9 Å². The number of phenols is 1. The zero-order valence-corrected chi connectivity index (χ0v) is 8.74. The SMILES string of the molecule is CC(=O)c1c(Br)cc(O)cc1[N+](=O)[O-]. The Labute approximate surface area is 87.6 Å². The van der Waals surface area contributed by atoms with Crippen LogP contribution in [0.5, 0.6) is 5.75 Å². The molecule has 0 spiro atoms. The van der Waals surface area contributed by atoms with Gasteiger partial charge in [0.2, 0.25) is 0 Å². The first-order chi connectivity index (χ1) is 6.43. The number of carbonyl (C=O) groups is 1. The number of nitro groups is 1. The third-order valence-corrected chi connectivity index (χ3v) is 2.23. The second kappa shape index (κ2) is 3.75. The predicted molar refractivity (Wildman–Crippen MR) is 52.5 cm³/mol. The largest absolute Gasteiger partial charge is 0.508 e. The van der Waals surface area contributed by atoms with E-state index in [1.165, 1.54) is 13.0 Å². The maximum atomic E-state index is 11.1. The summed E-state index contributed by atoms with van der Waals surface area (Å²) in [5.41, 5.74) is -0.433. The van der Waals surface area contributed by atoms with Gasteiger partial charge in [0.05, 0.1) is 11.0 Å². The number of halogens is 1. The van der Waals surface area contributed by atoms with Gasteiger partial charge in [-0.15, -0.1) is 0 Å². The average Bonchev–Trinajstić information content (AvgIpc) is 2.01. The molecule has 0 aliphatic rings. The monoisotopic (exact) mass is 259 g/mol. The molecular weight excluding hydrogens is 254 g/mol. The first kappa shape index (κ1) is 10.6. The van der Waals surface area contributed by atoms with Gasteiger partial charge in [0.1, 0.15) is 11.3 Å². The van der Waals surface area contributed by atoms with Gasteiger partial charge in [0.25, 0.3) is 5.69 Å². The van der Waals surface area contributed by atoms with Crippen LogP contribution in [-0.4, -0.2) is 15.8 Å². The van der Waals surface area contributed by atoms with Crippen molar-refractivity contribution in [1.29, 1.82) is 0 Å². The molecule has 5 nitrogen and oxygen atoms in total. The molecule has 1 rings (SSSR count). The number of nitro benzene ring substituents is 1. The van der Waals surface area contributed by atoms with Gasteiger partial charge in [-0.1, -0.05) is 0 Å². The molecule has 0 bridgehead atoms. The summed E-state index contributed by atoms with van der Waals surface area (Å²) in [6.07, 6.45) is 0. The molecule has 0 aliphatic carbocycles. The lowest BCUT2D eigenvalue weighted by atomic mass is 10.1. The highest BCUT2D eigenvalue weighted by Gasteiger charge is 2.21. The first-order valence-electron chi connectivity index (χ1n) is 3.61. The molecule has 14 heavy (non-hydrogen) atoms. The molecular formula is C8H6BrNO4. The van der Waals surface area contributed by atoms with Gasteiger partial charge in [0.15, 0.2) is 5.78 Å². The number of aromatic hydroxyl groups is 1. The maximum absolute atomic E-state index is 11.1. The molecule has 0 atom stereocenters. The third kappa shape index (κ3) is 1.90. The normalized spacial score (nSPS) is 9.86. The molecule has 0 radical (unpaired) electrons. The minimum absolute atomic E-state index is 0.0344. The zero-order chi connectivity index (χ0) is 10.9. The Balaban J connectivity index is 3.52. The second-order valence-corrected chi connectivity index (χ2v) is 3.49. The van der Waals surface area contributed by atoms with E-state index in [0.717, 1.165) is 6.07 Å². The Morgan fingerprint density at radius 2 is 2.14 bits per heavy atom. The summed E-state index contributed by atoms with van der Waals surface area (Å²) < 4.78 is 0.219. The Morgan fingerprint density at radius 3 is 2.57 bits per heavy atom. The quantitative estimate of drug-likeness (QED) is 0.502. The molecule has 0 amide bonds. The highest BCUT2D eigenvalue weighted by molar-refractivity contribution is 9.10. The summed E-state index contributed by atoms with van der Waals surface area (Å²) in [5.74, 6) is -0.683. The summed E-state index contributed by atoms with van der Waals surface area (Å²) >= 11 is 2.98. The van der Waals surface area contributed by atoms with Crippen molar-refractivity contribution in [2.24, 2.45) is 0 Å². The van der Waals surface area contributed by atoms with Crippen LogP contribution in [0.25, 0.3) is 0 Å². The number of carbonyl (C=O) groups excluding carboxylic acids is 1. The second-order valence-electron chi connectivity index (χ2n) is 2.64. The minimum Gasteiger partial charge on any atom is -0.508 e. The molecule has 1 aromatic rings. The molecule has 0 saturated heterocycles. The number of benzene rings is 1. The molecule has 0 aromatic heterocycles. The van der Waals surface area contributed by atoms with E-state index in [0.29, 0.717) is 0 Å². The Kier molecular flexibility index (Phi) is 2.85. The highest BCUT2D eigenvalue weighted by Crippen LogP contribution is 2.31. The number of ketones is 1. The van der Waals surface area contributed by atoms with Gasteiger partial charge in [-0.3, -0.25) is 14.9 Å². The maximum Gasteiger partial charge on any atom is 0.285 e. The van der Waals surface area contributed by atoms with E-state index in [1.54, 1.807) is 0 Å². The standard InChI is InChI=1S/C8H6BrNO4/c1-4(11)8-6(9)2-5(12)3-7(8)10(13)14/h2-3,12H,1H3. The van der Waals surface area contributed by atoms with Crippen molar-refractivity contribution in [3.63, 3.8) is 0 Å². The number of phenolic OH excluding ortho intramolecular Hbond substituents is 1. The van der Waals surface area contributed by atoms with Crippen molar-refractivity contribution in [2.45, 2.75) is 6.92 Å². The Morgan fingerprint density at radius 1 is 1.57 bits per heavy atom. The molecule has 0 unspecified atom stereocenters. The van der Waals surface area contributed by atoms with Gasteiger partial charge in [-0.25, -0.2) is 0 Å². The molecule has 1 aromatic carbocycles. The van der Waals surface area contributed by atoms with E-state index in [1.807, 2.05) is 0 Å². The van der Waals surface area contributed by atoms with Crippen molar-refractivity contribution in [1.82, 2.24) is 0 Å². The third-order valence-electron chi connectivity index (χ3n) is 1.60. The molecule has 0 saturated carbocycles. The lowest BCUT2D eigenvalue weighted by Gasteiger charge is -2.02. The van der Waals surface area contributed by atoms with Crippen LogP contribution in [0.15, 0.2) is 16.6 Å². The van der Waals surface area contributed by atoms with Crippen molar-refractivity contribution >= 4 is 27.4 Å². The van der Waals surface area contributed by atoms with Crippen molar-refractivity contribution in [3.8, 4) is 5.75 Å². The number of nitrogens with zero attached hydrogens (tertiary/aromatic N) is 1. The lowest BCUT2D eigenvalue weighted by molar-refractivity contribution is -0.385. The predicted octanol–water partition coefficient (Wildman–Crippen LogP) is 2.27. The van der Waals surface area contributed by atoms with Gasteiger partial charge in [0, 0.05) is 4.47 Å². The van der Waals surface area contributed by atoms with E-state index in [4.69, 9.17) is 5.11 Å². The molecule has 0 aliphatic heterocycles. The van der Waals surface area contributed by atoms with Crippen LogP contribution in [0.4, 0.5) is 5.69 Å². The molecule has 0 fully saturated rings. The Bertz CT molecular complexity index is 416. The van der Waals surface area contributed by atoms with Crippen LogP contribution in [0.2, 0.25) is 0 Å². The number of hydrogen-bond donors (Lipinski definition) is 1. The van der Waals surface area contributed by atoms with Crippen LogP contribution >= 0.6 is 15.9 Å². The van der Waals surface area contributed by atoms with Gasteiger partial charge < -0.3 is 5.11 Å². The van der Waals surface area contributed by atoms with Crippen LogP contribution in [0, 0.1) is 10.1 Å². The zero-order valence-electron chi connectivity index (χ0n) is 7.15. The first-order valence-corrected chi connectivity index (χ1v) is 4.40. The van der Waals surface area contributed by atoms with Gasteiger partial charge in [-0.2, -0.15) is 0 Å². The summed E-state index contributed by atoms with van der Waals surface area (Å²) in [4.78, 5) is 20.9. The molecule has 0 heterocycles. The van der Waals surface area contributed by atoms with E-state index < -0.39 is 16.4 Å². The van der Waals surface area contributed by atoms with Gasteiger partial charge in [-0.05, 0) is 28.9 Å². The van der Waals surface area contributed by atoms with Crippen molar-refractivity contribution < 1.29 is 14.8 Å². The van der Waals surface area contributed by atoms with E-state index in [-0.39, 0.29) is 15.8 Å². The topological polar surface area (TPSA) is 80.4 Å². The average molecular weight is 260 g/mol. The van der Waals surface area contributed by atoms with Crippen LogP contribution in [0.3, 0.4) is 0 Å². The summed E-state index contributed by atoms with van der Waals surface area (Å²) in [5, 5.41) is 19.7. The van der Waals surface area contributed by atoms with Gasteiger partial charge >= 0.3 is 0 Å². The van der Waals surface area contributed by atoms with Crippen LogP contribution < -0.4 is 0 Å². The summed E-state index contributed by atoms with van der Waals surface area (Å²) in [7, 11) is 0. The smallest absolute Gasteiger partial charge is 0.285 e. The minimum atomic E-state index is -0.707. The number of rotatable bonds is 2. The molecule has 74 valence electrons. The fraction of sp³-hybridized carbons (Fsp3) is 0.125. The summed E-state index contributed by atoms with van der Waals surface area (Å²) in [6, 6.07) is 2.19. The van der Waals surface area contributed by atoms with E-state index in [9.17, 15) is 14.9 Å². The lowest BCUT2D eigenvalue weighted by Crippen LogP contribution is -2.01. The Hall–Kier alpha value is -1.43. The van der Waals surface area contributed by atoms with E-state index >= 15 is 0 Å². The number of Topliss-reactive ketones (excluding diaryl/α,β-unsaturated/α-hetero) is 1. The van der Waals surface area contributed by atoms with Crippen LogP contribution in [-0.2, 0) is 0 Å². The molecule has 6 heteroatoms. The molecule has 1 N–H and O–H groups in total. The van der Waals surface area contributed by atoms with Crippen molar-refractivity contribution in [3.05, 3.63) is 32.3 Å². The fourth-order valence-electron chi connectivity index (χ4n) is 1.07. The highest BCUT2D eigenvalue weighted by atomic mass is 79.9. The van der Waals surface area contributed by atoms with Crippen LogP contribution in [0.1, 0.15) is 17.3 Å². The number of hydrogen-bond acceptors (Lipinski definition) is 4. The fourth-order valence-corrected chi connectivity index (χ4v) is 1.79. The van der Waals surface area contributed by atoms with Crippen molar-refractivity contribution in [2.75, 3.05) is 0 Å².